The number of phosphoric acid groups is 2. The molecule has 0 aliphatic heterocycles. The van der Waals surface area contributed by atoms with Gasteiger partial charge in [0, 0.05) is 0 Å². The lowest BCUT2D eigenvalue weighted by atomic mass is 10.1. The molecular weight excluding hydrogens is 294 g/mol. The Hall–Kier alpha value is -1.04. The molecule has 2 aromatic carbocycles. The molecule has 104 valence electrons. The maximum atomic E-state index is 9.63. The molecule has 0 spiro atoms. The zero-order chi connectivity index (χ0) is 14.5. The fraction of sp³-hybridized carbons (Fsp3) is 0. The predicted molar refractivity (Wildman–Crippen MR) is 69.1 cm³/mol. The van der Waals surface area contributed by atoms with Crippen LogP contribution in [0.1, 0.15) is 0 Å². The van der Waals surface area contributed by atoms with Gasteiger partial charge >= 0.3 is 15.6 Å². The zero-order valence-corrected chi connectivity index (χ0v) is 11.3. The van der Waals surface area contributed by atoms with Crippen LogP contribution in [-0.4, -0.2) is 19.6 Å². The Morgan fingerprint density at radius 2 is 0.947 bits per heavy atom. The summed E-state index contributed by atoms with van der Waals surface area (Å²) in [5, 5.41) is 2.62. The van der Waals surface area contributed by atoms with Gasteiger partial charge in [0.05, 0.1) is 0 Å². The van der Waals surface area contributed by atoms with Gasteiger partial charge in [-0.1, -0.05) is 48.5 Å². The largest absolute Gasteiger partial charge is 0.478 e. The molecule has 0 amide bonds. The van der Waals surface area contributed by atoms with Gasteiger partial charge in [-0.3, -0.25) is 0 Å². The molecule has 4 N–H and O–H groups in total. The summed E-state index contributed by atoms with van der Waals surface area (Å²) in [6.07, 6.45) is 0. The second kappa shape index (κ2) is 6.41. The third-order valence-corrected chi connectivity index (χ3v) is 3.57. The first-order valence-corrected chi connectivity index (χ1v) is 8.00. The van der Waals surface area contributed by atoms with Crippen LogP contribution in [0, 0.1) is 0 Å². The summed E-state index contributed by atoms with van der Waals surface area (Å²) in [7, 11) is -10.1. The smallest absolute Gasteiger partial charge is 0.302 e. The lowest BCUT2D eigenvalue weighted by Crippen LogP contribution is -1.84. The lowest BCUT2D eigenvalue weighted by molar-refractivity contribution is 0.225. The number of hydrogen-bond acceptors (Lipinski definition) is 3. The van der Waals surface area contributed by atoms with E-state index in [4.69, 9.17) is 19.6 Å². The molecule has 0 unspecified atom stereocenters. The van der Waals surface area contributed by atoms with Gasteiger partial charge < -0.3 is 19.6 Å². The monoisotopic (exact) mass is 306 g/mol. The van der Waals surface area contributed by atoms with Crippen molar-refractivity contribution in [3.05, 3.63) is 48.5 Å². The van der Waals surface area contributed by atoms with E-state index in [1.807, 2.05) is 0 Å². The van der Waals surface area contributed by atoms with E-state index >= 15 is 0 Å². The van der Waals surface area contributed by atoms with Crippen LogP contribution >= 0.6 is 15.6 Å². The van der Waals surface area contributed by atoms with E-state index in [1.165, 1.54) is 10.8 Å². The summed E-state index contributed by atoms with van der Waals surface area (Å²) in [6.45, 7) is 0. The van der Waals surface area contributed by atoms with E-state index in [9.17, 15) is 9.13 Å². The molecule has 0 saturated heterocycles. The molecule has 0 aliphatic carbocycles. The standard InChI is InChI=1S/C10H8.H4O7P2/c1-2-6-10-8-4-3-7-9(10)5-1;1-8(2,3)7-9(4,5)6/h1-8H;(H2,1,2,3)(H2,4,5,6). The van der Waals surface area contributed by atoms with Gasteiger partial charge in [0.2, 0.25) is 0 Å². The summed E-state index contributed by atoms with van der Waals surface area (Å²) < 4.78 is 22.2. The molecule has 0 heterocycles. The van der Waals surface area contributed by atoms with Crippen molar-refractivity contribution in [1.82, 2.24) is 0 Å². The van der Waals surface area contributed by atoms with Crippen molar-refractivity contribution in [1.29, 1.82) is 0 Å². The molecule has 0 atom stereocenters. The second-order valence-corrected chi connectivity index (χ2v) is 6.03. The molecule has 2 aromatic rings. The summed E-state index contributed by atoms with van der Waals surface area (Å²) in [4.78, 5) is 31.0. The van der Waals surface area contributed by atoms with E-state index in [0.717, 1.165) is 0 Å². The Morgan fingerprint density at radius 1 is 0.684 bits per heavy atom. The van der Waals surface area contributed by atoms with Crippen molar-refractivity contribution in [2.75, 3.05) is 0 Å². The van der Waals surface area contributed by atoms with Gasteiger partial charge in [0.1, 0.15) is 0 Å². The Balaban J connectivity index is 0.000000192. The molecule has 0 fully saturated rings. The Bertz CT molecular complexity index is 545. The van der Waals surface area contributed by atoms with Crippen LogP contribution in [0.3, 0.4) is 0 Å². The fourth-order valence-corrected chi connectivity index (χ4v) is 2.38. The minimum absolute atomic E-state index is 1.31. The molecule has 9 heteroatoms. The number of fused-ring (bicyclic) bond motifs is 1. The van der Waals surface area contributed by atoms with Gasteiger partial charge in [-0.2, -0.15) is 4.31 Å². The summed E-state index contributed by atoms with van der Waals surface area (Å²) in [5.74, 6) is 0. The number of hydrogen-bond donors (Lipinski definition) is 4. The highest BCUT2D eigenvalue weighted by Gasteiger charge is 2.27. The SMILES string of the molecule is O=P(O)(O)OP(=O)(O)O.c1ccc2ccccc2c1. The minimum atomic E-state index is -5.05. The van der Waals surface area contributed by atoms with E-state index in [-0.39, 0.29) is 0 Å². The zero-order valence-electron chi connectivity index (χ0n) is 9.53. The Morgan fingerprint density at radius 3 is 1.11 bits per heavy atom. The van der Waals surface area contributed by atoms with E-state index < -0.39 is 15.6 Å². The van der Waals surface area contributed by atoms with Crippen LogP contribution < -0.4 is 0 Å². The molecule has 7 nitrogen and oxygen atoms in total. The van der Waals surface area contributed by atoms with Crippen molar-refractivity contribution in [3.63, 3.8) is 0 Å². The van der Waals surface area contributed by atoms with Crippen molar-refractivity contribution < 1.29 is 33.0 Å². The maximum absolute atomic E-state index is 9.63. The summed E-state index contributed by atoms with van der Waals surface area (Å²) in [6, 6.07) is 16.7. The van der Waals surface area contributed by atoms with Crippen LogP contribution in [0.2, 0.25) is 0 Å². The molecule has 19 heavy (non-hydrogen) atoms. The number of benzene rings is 2. The molecule has 0 bridgehead atoms. The average molecular weight is 306 g/mol. The molecule has 2 rings (SSSR count). The normalized spacial score (nSPS) is 11.8. The lowest BCUT2D eigenvalue weighted by Gasteiger charge is -2.03. The highest BCUT2D eigenvalue weighted by Crippen LogP contribution is 2.53. The van der Waals surface area contributed by atoms with Crippen molar-refractivity contribution in [2.45, 2.75) is 0 Å². The van der Waals surface area contributed by atoms with Crippen LogP contribution in [0.25, 0.3) is 10.8 Å². The van der Waals surface area contributed by atoms with Crippen LogP contribution in [0.4, 0.5) is 0 Å². The molecule has 0 aromatic heterocycles. The first kappa shape index (κ1) is 16.0. The van der Waals surface area contributed by atoms with Crippen molar-refractivity contribution in [2.24, 2.45) is 0 Å². The van der Waals surface area contributed by atoms with Gasteiger partial charge in [-0.25, -0.2) is 9.13 Å². The van der Waals surface area contributed by atoms with Crippen LogP contribution in [-0.2, 0) is 13.4 Å². The Kier molecular flexibility index (Phi) is 5.40. The maximum Gasteiger partial charge on any atom is 0.478 e. The highest BCUT2D eigenvalue weighted by atomic mass is 31.3. The summed E-state index contributed by atoms with van der Waals surface area (Å²) in [5.41, 5.74) is 0. The third kappa shape index (κ3) is 7.20. The third-order valence-electron chi connectivity index (χ3n) is 1.87. The van der Waals surface area contributed by atoms with Gasteiger partial charge in [0.25, 0.3) is 0 Å². The first-order valence-electron chi connectivity index (χ1n) is 4.93. The minimum Gasteiger partial charge on any atom is -0.302 e. The predicted octanol–water partition coefficient (Wildman–Crippen LogP) is 2.03. The fourth-order valence-electron chi connectivity index (χ4n) is 1.27. The van der Waals surface area contributed by atoms with Crippen LogP contribution in [0.15, 0.2) is 48.5 Å². The molecule has 0 radical (unpaired) electrons. The first-order chi connectivity index (χ1) is 8.67. The quantitative estimate of drug-likeness (QED) is 0.626. The Labute approximate surface area is 109 Å². The van der Waals surface area contributed by atoms with Gasteiger partial charge in [-0.15, -0.1) is 0 Å². The van der Waals surface area contributed by atoms with Crippen molar-refractivity contribution >= 4 is 26.4 Å². The molecule has 0 aliphatic rings. The molecular formula is C10H12O7P2. The van der Waals surface area contributed by atoms with Gasteiger partial charge in [-0.05, 0) is 10.8 Å². The van der Waals surface area contributed by atoms with E-state index in [1.54, 1.807) is 0 Å². The topological polar surface area (TPSA) is 124 Å². The highest BCUT2D eigenvalue weighted by molar-refractivity contribution is 7.60. The van der Waals surface area contributed by atoms with E-state index in [2.05, 4.69) is 52.8 Å². The molecule has 0 saturated carbocycles. The van der Waals surface area contributed by atoms with Gasteiger partial charge in [0.15, 0.2) is 0 Å². The number of rotatable bonds is 2. The van der Waals surface area contributed by atoms with Crippen molar-refractivity contribution in [3.8, 4) is 0 Å². The second-order valence-electron chi connectivity index (χ2n) is 3.41. The average Bonchev–Trinajstić information content (AvgIpc) is 2.25. The summed E-state index contributed by atoms with van der Waals surface area (Å²) >= 11 is 0. The van der Waals surface area contributed by atoms with Crippen LogP contribution in [0.5, 0.6) is 0 Å². The van der Waals surface area contributed by atoms with E-state index in [0.29, 0.717) is 0 Å².